The number of rotatable bonds is 5. The van der Waals surface area contributed by atoms with Crippen LogP contribution in [0, 0.1) is 0 Å². The number of hydrogen-bond acceptors (Lipinski definition) is 2. The van der Waals surface area contributed by atoms with E-state index >= 15 is 0 Å². The van der Waals surface area contributed by atoms with Crippen molar-refractivity contribution in [3.8, 4) is 5.75 Å². The zero-order valence-corrected chi connectivity index (χ0v) is 14.1. The molecule has 2 aromatic rings. The molecule has 2 rings (SSSR count). The molecule has 0 amide bonds. The van der Waals surface area contributed by atoms with E-state index in [1.165, 1.54) is 0 Å². The summed E-state index contributed by atoms with van der Waals surface area (Å²) in [5.41, 5.74) is 1.88. The third-order valence-electron chi connectivity index (χ3n) is 3.33. The maximum absolute atomic E-state index is 6.24. The predicted molar refractivity (Wildman–Crippen MR) is 89.7 cm³/mol. The van der Waals surface area contributed by atoms with E-state index in [9.17, 15) is 0 Å². The predicted octanol–water partition coefficient (Wildman–Crippen LogP) is 5.51. The summed E-state index contributed by atoms with van der Waals surface area (Å²) in [7, 11) is 1.63. The highest BCUT2D eigenvalue weighted by atomic mass is 35.5. The molecule has 2 aromatic carbocycles. The number of hydrogen-bond donors (Lipinski definition) is 1. The van der Waals surface area contributed by atoms with E-state index in [0.717, 1.165) is 16.9 Å². The minimum Gasteiger partial charge on any atom is -0.496 e. The first kappa shape index (κ1) is 16.4. The zero-order chi connectivity index (χ0) is 15.4. The highest BCUT2D eigenvalue weighted by molar-refractivity contribution is 6.42. The fourth-order valence-electron chi connectivity index (χ4n) is 2.12. The minimum absolute atomic E-state index is 0.0391. The van der Waals surface area contributed by atoms with E-state index in [1.54, 1.807) is 13.2 Å². The highest BCUT2D eigenvalue weighted by Gasteiger charge is 2.13. The van der Waals surface area contributed by atoms with Crippen LogP contribution in [0.1, 0.15) is 24.1 Å². The van der Waals surface area contributed by atoms with Crippen LogP contribution in [-0.4, -0.2) is 7.11 Å². The van der Waals surface area contributed by atoms with Crippen LogP contribution >= 0.6 is 34.8 Å². The summed E-state index contributed by atoms with van der Waals surface area (Å²) in [4.78, 5) is 0. The van der Waals surface area contributed by atoms with Crippen LogP contribution in [0.3, 0.4) is 0 Å². The third kappa shape index (κ3) is 3.83. The van der Waals surface area contributed by atoms with Crippen LogP contribution < -0.4 is 10.1 Å². The van der Waals surface area contributed by atoms with Crippen molar-refractivity contribution in [3.05, 3.63) is 62.6 Å². The SMILES string of the molecule is COc1cccc(Cl)c1CNC(C)c1cccc(Cl)c1Cl. The molecule has 1 N–H and O–H groups in total. The van der Waals surface area contributed by atoms with Gasteiger partial charge in [-0.2, -0.15) is 0 Å². The van der Waals surface area contributed by atoms with Crippen LogP contribution in [0.5, 0.6) is 5.75 Å². The molecule has 0 saturated carbocycles. The second-order valence-corrected chi connectivity index (χ2v) is 5.86. The van der Waals surface area contributed by atoms with Crippen LogP contribution in [0.15, 0.2) is 36.4 Å². The molecule has 0 saturated heterocycles. The van der Waals surface area contributed by atoms with Gasteiger partial charge in [-0.3, -0.25) is 0 Å². The van der Waals surface area contributed by atoms with Gasteiger partial charge in [0.2, 0.25) is 0 Å². The molecular weight excluding hydrogens is 329 g/mol. The minimum atomic E-state index is 0.0391. The second-order valence-electron chi connectivity index (χ2n) is 4.67. The number of benzene rings is 2. The van der Waals surface area contributed by atoms with Gasteiger partial charge >= 0.3 is 0 Å². The first-order valence-corrected chi connectivity index (χ1v) is 7.66. The smallest absolute Gasteiger partial charge is 0.124 e. The quantitative estimate of drug-likeness (QED) is 0.772. The number of nitrogens with one attached hydrogen (secondary N) is 1. The maximum atomic E-state index is 6.24. The van der Waals surface area contributed by atoms with Crippen LogP contribution in [0.2, 0.25) is 15.1 Å². The van der Waals surface area contributed by atoms with Crippen molar-refractivity contribution in [3.63, 3.8) is 0 Å². The first-order chi connectivity index (χ1) is 10.0. The Balaban J connectivity index is 2.15. The van der Waals surface area contributed by atoms with Crippen LogP contribution in [-0.2, 0) is 6.54 Å². The van der Waals surface area contributed by atoms with E-state index in [1.807, 2.05) is 37.3 Å². The molecule has 0 fully saturated rings. The van der Waals surface area contributed by atoms with Gasteiger partial charge in [-0.05, 0) is 30.7 Å². The lowest BCUT2D eigenvalue weighted by atomic mass is 10.1. The first-order valence-electron chi connectivity index (χ1n) is 6.53. The van der Waals surface area contributed by atoms with E-state index < -0.39 is 0 Å². The van der Waals surface area contributed by atoms with Crippen molar-refractivity contribution in [2.75, 3.05) is 7.11 Å². The molecule has 0 aliphatic carbocycles. The summed E-state index contributed by atoms with van der Waals surface area (Å²) in [6.07, 6.45) is 0. The number of halogens is 3. The second kappa shape index (κ2) is 7.37. The van der Waals surface area contributed by atoms with E-state index in [4.69, 9.17) is 39.5 Å². The van der Waals surface area contributed by atoms with Crippen molar-refractivity contribution < 1.29 is 4.74 Å². The monoisotopic (exact) mass is 343 g/mol. The summed E-state index contributed by atoms with van der Waals surface area (Å²) in [6.45, 7) is 2.60. The van der Waals surface area contributed by atoms with Gasteiger partial charge < -0.3 is 10.1 Å². The van der Waals surface area contributed by atoms with Gasteiger partial charge in [-0.1, -0.05) is 53.0 Å². The maximum Gasteiger partial charge on any atom is 0.124 e. The molecule has 1 atom stereocenters. The van der Waals surface area contributed by atoms with Gasteiger partial charge in [0.25, 0.3) is 0 Å². The molecule has 1 unspecified atom stereocenters. The molecule has 0 radical (unpaired) electrons. The van der Waals surface area contributed by atoms with Crippen molar-refractivity contribution in [1.29, 1.82) is 0 Å². The molecular formula is C16H16Cl3NO. The molecule has 0 aromatic heterocycles. The summed E-state index contributed by atoms with van der Waals surface area (Å²) in [5.74, 6) is 0.763. The van der Waals surface area contributed by atoms with Crippen molar-refractivity contribution in [2.24, 2.45) is 0 Å². The topological polar surface area (TPSA) is 21.3 Å². The average molecular weight is 345 g/mol. The van der Waals surface area contributed by atoms with Crippen molar-refractivity contribution >= 4 is 34.8 Å². The molecule has 112 valence electrons. The number of methoxy groups -OCH3 is 1. The van der Waals surface area contributed by atoms with Crippen LogP contribution in [0.25, 0.3) is 0 Å². The van der Waals surface area contributed by atoms with Gasteiger partial charge in [0, 0.05) is 23.2 Å². The van der Waals surface area contributed by atoms with Gasteiger partial charge in [0.15, 0.2) is 0 Å². The Hall–Kier alpha value is -0.930. The largest absolute Gasteiger partial charge is 0.496 e. The Labute approximate surface area is 140 Å². The lowest BCUT2D eigenvalue weighted by Crippen LogP contribution is -2.19. The summed E-state index contributed by atoms with van der Waals surface area (Å²) in [6, 6.07) is 11.3. The molecule has 0 aliphatic heterocycles. The third-order valence-corrected chi connectivity index (χ3v) is 4.52. The fourth-order valence-corrected chi connectivity index (χ4v) is 2.83. The Morgan fingerprint density at radius 2 is 1.71 bits per heavy atom. The Kier molecular flexibility index (Phi) is 5.77. The Morgan fingerprint density at radius 3 is 2.43 bits per heavy atom. The van der Waals surface area contributed by atoms with E-state index in [-0.39, 0.29) is 6.04 Å². The Bertz CT molecular complexity index is 631. The Morgan fingerprint density at radius 1 is 1.05 bits per heavy atom. The van der Waals surface area contributed by atoms with Crippen molar-refractivity contribution in [2.45, 2.75) is 19.5 Å². The molecule has 0 bridgehead atoms. The zero-order valence-electron chi connectivity index (χ0n) is 11.8. The number of ether oxygens (including phenoxy) is 1. The highest BCUT2D eigenvalue weighted by Crippen LogP contribution is 2.31. The average Bonchev–Trinajstić information content (AvgIpc) is 2.48. The molecule has 0 spiro atoms. The molecule has 2 nitrogen and oxygen atoms in total. The summed E-state index contributed by atoms with van der Waals surface area (Å²) < 4.78 is 5.34. The fraction of sp³-hybridized carbons (Fsp3) is 0.250. The van der Waals surface area contributed by atoms with Gasteiger partial charge in [0.1, 0.15) is 5.75 Å². The van der Waals surface area contributed by atoms with Crippen molar-refractivity contribution in [1.82, 2.24) is 5.32 Å². The van der Waals surface area contributed by atoms with Gasteiger partial charge in [0.05, 0.1) is 17.2 Å². The lowest BCUT2D eigenvalue weighted by Gasteiger charge is -2.18. The normalized spacial score (nSPS) is 12.2. The van der Waals surface area contributed by atoms with Crippen LogP contribution in [0.4, 0.5) is 0 Å². The summed E-state index contributed by atoms with van der Waals surface area (Å²) >= 11 is 18.5. The molecule has 21 heavy (non-hydrogen) atoms. The lowest BCUT2D eigenvalue weighted by molar-refractivity contribution is 0.406. The van der Waals surface area contributed by atoms with E-state index in [0.29, 0.717) is 21.6 Å². The standard InChI is InChI=1S/C16H16Cl3NO/c1-10(11-5-3-7-14(18)16(11)19)20-9-12-13(17)6-4-8-15(12)21-2/h3-8,10,20H,9H2,1-2H3. The van der Waals surface area contributed by atoms with Gasteiger partial charge in [-0.15, -0.1) is 0 Å². The summed E-state index contributed by atoms with van der Waals surface area (Å²) in [5, 5.41) is 5.19. The molecule has 0 heterocycles. The van der Waals surface area contributed by atoms with Gasteiger partial charge in [-0.25, -0.2) is 0 Å². The van der Waals surface area contributed by atoms with E-state index in [2.05, 4.69) is 5.32 Å². The molecule has 0 aliphatic rings. The molecule has 5 heteroatoms.